The van der Waals surface area contributed by atoms with E-state index in [2.05, 4.69) is 15.1 Å². The van der Waals surface area contributed by atoms with Crippen molar-refractivity contribution in [3.05, 3.63) is 48.5 Å². The van der Waals surface area contributed by atoms with Gasteiger partial charge in [0.1, 0.15) is 0 Å². The first-order valence-electron chi connectivity index (χ1n) is 5.24. The van der Waals surface area contributed by atoms with Crippen molar-refractivity contribution < 1.29 is 9.90 Å². The summed E-state index contributed by atoms with van der Waals surface area (Å²) in [5, 5.41) is 13.3. The maximum absolute atomic E-state index is 11.0. The first-order chi connectivity index (χ1) is 8.75. The molecule has 3 heterocycles. The van der Waals surface area contributed by atoms with Crippen LogP contribution < -0.4 is 0 Å². The van der Waals surface area contributed by atoms with Crippen LogP contribution in [0.25, 0.3) is 16.9 Å². The van der Waals surface area contributed by atoms with Crippen molar-refractivity contribution in [2.45, 2.75) is 0 Å². The van der Waals surface area contributed by atoms with Gasteiger partial charge in [0.25, 0.3) is 0 Å². The van der Waals surface area contributed by atoms with E-state index < -0.39 is 5.97 Å². The molecule has 0 saturated heterocycles. The fourth-order valence-corrected chi connectivity index (χ4v) is 1.69. The minimum atomic E-state index is -1.06. The lowest BCUT2D eigenvalue weighted by Gasteiger charge is -2.01. The average molecular weight is 240 g/mol. The van der Waals surface area contributed by atoms with E-state index in [-0.39, 0.29) is 5.69 Å². The van der Waals surface area contributed by atoms with Crippen LogP contribution in [0.4, 0.5) is 0 Å². The fraction of sp³-hybridized carbons (Fsp3) is 0. The van der Waals surface area contributed by atoms with E-state index in [1.165, 1.54) is 10.7 Å². The van der Waals surface area contributed by atoms with Crippen LogP contribution in [0.1, 0.15) is 10.5 Å². The molecule has 88 valence electrons. The standard InChI is InChI=1S/C12H8N4O2/c17-12(18)10-7-14-11-4-3-9(15-16(10)11)8-2-1-5-13-6-8/h1-7H,(H,17,18). The van der Waals surface area contributed by atoms with Gasteiger partial charge in [-0.1, -0.05) is 0 Å². The van der Waals surface area contributed by atoms with Gasteiger partial charge in [-0.2, -0.15) is 5.10 Å². The number of fused-ring (bicyclic) bond motifs is 1. The summed E-state index contributed by atoms with van der Waals surface area (Å²) in [7, 11) is 0. The monoisotopic (exact) mass is 240 g/mol. The Morgan fingerprint density at radius 1 is 1.22 bits per heavy atom. The van der Waals surface area contributed by atoms with E-state index >= 15 is 0 Å². The van der Waals surface area contributed by atoms with Crippen molar-refractivity contribution >= 4 is 11.6 Å². The normalized spacial score (nSPS) is 10.7. The molecule has 0 radical (unpaired) electrons. The molecule has 3 rings (SSSR count). The highest BCUT2D eigenvalue weighted by molar-refractivity contribution is 5.86. The minimum Gasteiger partial charge on any atom is -0.476 e. The fourth-order valence-electron chi connectivity index (χ4n) is 1.69. The van der Waals surface area contributed by atoms with Gasteiger partial charge in [-0.05, 0) is 24.3 Å². The van der Waals surface area contributed by atoms with Gasteiger partial charge in [-0.25, -0.2) is 14.3 Å². The zero-order valence-electron chi connectivity index (χ0n) is 9.19. The third-order valence-electron chi connectivity index (χ3n) is 2.54. The molecule has 0 fully saturated rings. The Morgan fingerprint density at radius 2 is 2.11 bits per heavy atom. The smallest absolute Gasteiger partial charge is 0.356 e. The molecule has 3 aromatic heterocycles. The Hall–Kier alpha value is -2.76. The maximum atomic E-state index is 11.0. The van der Waals surface area contributed by atoms with Crippen LogP contribution in [0.15, 0.2) is 42.9 Å². The second-order valence-electron chi connectivity index (χ2n) is 3.68. The predicted octanol–water partition coefficient (Wildman–Crippen LogP) is 1.49. The molecule has 0 atom stereocenters. The summed E-state index contributed by atoms with van der Waals surface area (Å²) in [4.78, 5) is 19.0. The minimum absolute atomic E-state index is 0.0377. The van der Waals surface area contributed by atoms with E-state index in [9.17, 15) is 4.79 Å². The Kier molecular flexibility index (Phi) is 2.26. The summed E-state index contributed by atoms with van der Waals surface area (Å²) in [5.74, 6) is -1.06. The van der Waals surface area contributed by atoms with Crippen molar-refractivity contribution in [3.8, 4) is 11.3 Å². The Balaban J connectivity index is 2.21. The number of rotatable bonds is 2. The van der Waals surface area contributed by atoms with Crippen LogP contribution in [0.2, 0.25) is 0 Å². The third kappa shape index (κ3) is 1.60. The number of hydrogen-bond donors (Lipinski definition) is 1. The third-order valence-corrected chi connectivity index (χ3v) is 2.54. The first-order valence-corrected chi connectivity index (χ1v) is 5.24. The number of carbonyl (C=O) groups is 1. The summed E-state index contributed by atoms with van der Waals surface area (Å²) < 4.78 is 1.31. The van der Waals surface area contributed by atoms with Crippen LogP contribution in [-0.4, -0.2) is 30.7 Å². The number of nitrogens with zero attached hydrogens (tertiary/aromatic N) is 4. The van der Waals surface area contributed by atoms with E-state index in [1.54, 1.807) is 30.6 Å². The summed E-state index contributed by atoms with van der Waals surface area (Å²) in [6, 6.07) is 7.17. The Morgan fingerprint density at radius 3 is 2.83 bits per heavy atom. The molecule has 0 amide bonds. The lowest BCUT2D eigenvalue weighted by molar-refractivity contribution is 0.0688. The highest BCUT2D eigenvalue weighted by Crippen LogP contribution is 2.16. The molecule has 0 bridgehead atoms. The van der Waals surface area contributed by atoms with Crippen molar-refractivity contribution in [2.75, 3.05) is 0 Å². The number of carboxylic acids is 1. The quantitative estimate of drug-likeness (QED) is 0.734. The second-order valence-corrected chi connectivity index (χ2v) is 3.68. The van der Waals surface area contributed by atoms with Gasteiger partial charge in [0.15, 0.2) is 11.3 Å². The van der Waals surface area contributed by atoms with Crippen molar-refractivity contribution in [3.63, 3.8) is 0 Å². The lowest BCUT2D eigenvalue weighted by atomic mass is 10.2. The highest BCUT2D eigenvalue weighted by atomic mass is 16.4. The zero-order valence-corrected chi connectivity index (χ0v) is 9.19. The number of aromatic nitrogens is 4. The molecule has 0 aliphatic rings. The van der Waals surface area contributed by atoms with Crippen LogP contribution in [0.5, 0.6) is 0 Å². The summed E-state index contributed by atoms with van der Waals surface area (Å²) in [6.45, 7) is 0. The molecule has 0 aliphatic carbocycles. The van der Waals surface area contributed by atoms with Crippen molar-refractivity contribution in [1.29, 1.82) is 0 Å². The van der Waals surface area contributed by atoms with Crippen LogP contribution >= 0.6 is 0 Å². The Bertz CT molecular complexity index is 721. The van der Waals surface area contributed by atoms with E-state index in [0.29, 0.717) is 11.3 Å². The SMILES string of the molecule is O=C(O)c1cnc2ccc(-c3cccnc3)nn12. The molecule has 0 aromatic carbocycles. The number of carboxylic acid groups (broad SMARTS) is 1. The lowest BCUT2D eigenvalue weighted by Crippen LogP contribution is -2.05. The van der Waals surface area contributed by atoms with Crippen LogP contribution in [0, 0.1) is 0 Å². The van der Waals surface area contributed by atoms with Gasteiger partial charge in [-0.3, -0.25) is 4.98 Å². The number of aromatic carboxylic acids is 1. The Labute approximate surface area is 102 Å². The first kappa shape index (κ1) is 10.4. The van der Waals surface area contributed by atoms with Crippen molar-refractivity contribution in [2.24, 2.45) is 0 Å². The van der Waals surface area contributed by atoms with E-state index in [0.717, 1.165) is 5.56 Å². The van der Waals surface area contributed by atoms with Crippen molar-refractivity contribution in [1.82, 2.24) is 19.6 Å². The highest BCUT2D eigenvalue weighted by Gasteiger charge is 2.12. The molecule has 0 saturated carbocycles. The molecule has 0 aliphatic heterocycles. The molecule has 3 aromatic rings. The number of pyridine rings is 1. The number of imidazole rings is 1. The summed E-state index contributed by atoms with van der Waals surface area (Å²) in [5.41, 5.74) is 2.01. The average Bonchev–Trinajstić information content (AvgIpc) is 2.82. The molecule has 18 heavy (non-hydrogen) atoms. The molecular weight excluding hydrogens is 232 g/mol. The van der Waals surface area contributed by atoms with Gasteiger partial charge in [0, 0.05) is 18.0 Å². The topological polar surface area (TPSA) is 80.4 Å². The van der Waals surface area contributed by atoms with Gasteiger partial charge >= 0.3 is 5.97 Å². The largest absolute Gasteiger partial charge is 0.476 e. The molecule has 0 unspecified atom stereocenters. The van der Waals surface area contributed by atoms with Gasteiger partial charge < -0.3 is 5.11 Å². The molecule has 1 N–H and O–H groups in total. The van der Waals surface area contributed by atoms with Crippen LogP contribution in [-0.2, 0) is 0 Å². The predicted molar refractivity (Wildman–Crippen MR) is 63.2 cm³/mol. The molecule has 0 spiro atoms. The van der Waals surface area contributed by atoms with Gasteiger partial charge in [0.05, 0.1) is 11.9 Å². The molecule has 6 nitrogen and oxygen atoms in total. The summed E-state index contributed by atoms with van der Waals surface area (Å²) >= 11 is 0. The maximum Gasteiger partial charge on any atom is 0.356 e. The molecule has 6 heteroatoms. The molecular formula is C12H8N4O2. The van der Waals surface area contributed by atoms with Crippen LogP contribution in [0.3, 0.4) is 0 Å². The van der Waals surface area contributed by atoms with Gasteiger partial charge in [0.2, 0.25) is 0 Å². The van der Waals surface area contributed by atoms with E-state index in [1.807, 2.05) is 6.07 Å². The van der Waals surface area contributed by atoms with Gasteiger partial charge in [-0.15, -0.1) is 0 Å². The van der Waals surface area contributed by atoms with E-state index in [4.69, 9.17) is 5.11 Å². The number of hydrogen-bond acceptors (Lipinski definition) is 4. The summed E-state index contributed by atoms with van der Waals surface area (Å²) in [6.07, 6.45) is 4.63. The second kappa shape index (κ2) is 3.92. The zero-order chi connectivity index (χ0) is 12.5.